The van der Waals surface area contributed by atoms with E-state index in [4.69, 9.17) is 20.0 Å². The van der Waals surface area contributed by atoms with E-state index in [9.17, 15) is 0 Å². The molecular weight excluding hydrogens is 508 g/mol. The quantitative estimate of drug-likeness (QED) is 0.276. The number of nitrogens with one attached hydrogen (secondary N) is 2. The maximum atomic E-state index is 5.29. The van der Waals surface area contributed by atoms with Crippen molar-refractivity contribution < 1.29 is 9.15 Å². The summed E-state index contributed by atoms with van der Waals surface area (Å²) in [6.45, 7) is 0.451. The van der Waals surface area contributed by atoms with Gasteiger partial charge in [0, 0.05) is 21.5 Å². The summed E-state index contributed by atoms with van der Waals surface area (Å²) in [5, 5.41) is 4.11. The van der Waals surface area contributed by atoms with Crippen LogP contribution in [-0.4, -0.2) is 49.1 Å². The van der Waals surface area contributed by atoms with Crippen molar-refractivity contribution in [3.8, 4) is 0 Å². The van der Waals surface area contributed by atoms with E-state index in [2.05, 4.69) is 91.9 Å². The molecule has 41 heavy (non-hydrogen) atoms. The summed E-state index contributed by atoms with van der Waals surface area (Å²) in [7, 11) is 0. The molecule has 6 heterocycles. The highest BCUT2D eigenvalue weighted by Gasteiger charge is 2.42. The molecule has 2 N–H and O–H groups in total. The number of H-pyrrole nitrogens is 2. The second kappa shape index (κ2) is 7.45. The number of aromatic amines is 2. The second-order valence-corrected chi connectivity index (χ2v) is 10.6. The topological polar surface area (TPSA) is 87.0 Å². The molecular formula is C33H20N8+2. The van der Waals surface area contributed by atoms with Crippen molar-refractivity contribution in [1.29, 1.82) is 0 Å². The molecule has 4 aromatic carbocycles. The Hall–Kier alpha value is -5.76. The monoisotopic (exact) mass is 528 g/mol. The van der Waals surface area contributed by atoms with Crippen LogP contribution in [0.25, 0.3) is 21.5 Å². The number of benzene rings is 4. The minimum absolute atomic E-state index is 0.451. The first-order chi connectivity index (χ1) is 20.3. The normalized spacial score (nSPS) is 16.2. The molecule has 6 aromatic rings. The Labute approximate surface area is 232 Å². The lowest BCUT2D eigenvalue weighted by Crippen LogP contribution is -2.36. The molecule has 8 nitrogen and oxygen atoms in total. The lowest BCUT2D eigenvalue weighted by molar-refractivity contribution is -0.621. The number of amidine groups is 4. The number of rotatable bonds is 0. The lowest BCUT2D eigenvalue weighted by Gasteiger charge is -2.08. The van der Waals surface area contributed by atoms with Crippen molar-refractivity contribution >= 4 is 56.5 Å². The second-order valence-electron chi connectivity index (χ2n) is 10.6. The molecule has 0 atom stereocenters. The smallest absolute Gasteiger partial charge is 0.276 e. The Morgan fingerprint density at radius 2 is 0.854 bits per heavy atom. The molecule has 4 aliphatic heterocycles. The molecule has 0 amide bonds. The van der Waals surface area contributed by atoms with Crippen molar-refractivity contribution in [2.45, 2.75) is 0 Å². The van der Waals surface area contributed by atoms with Crippen LogP contribution in [0.3, 0.4) is 0 Å². The number of fused-ring (bicyclic) bond motifs is 16. The molecule has 0 fully saturated rings. The Kier molecular flexibility index (Phi) is 3.84. The van der Waals surface area contributed by atoms with Gasteiger partial charge in [0.05, 0.1) is 22.3 Å². The van der Waals surface area contributed by atoms with E-state index in [1.54, 1.807) is 0 Å². The van der Waals surface area contributed by atoms with Gasteiger partial charge in [0.1, 0.15) is 0 Å². The van der Waals surface area contributed by atoms with Gasteiger partial charge in [0.25, 0.3) is 23.3 Å². The molecule has 10 rings (SSSR count). The fourth-order valence-corrected chi connectivity index (χ4v) is 6.48. The van der Waals surface area contributed by atoms with Gasteiger partial charge in [0.2, 0.25) is 22.6 Å². The SMILES string of the molecule is c1ccc2c(c1)C1=Nc3[nH]c(c4ccccc34)N=C3c4ccccc4C4=[N+]3C[N+]1=C2N=c1[nH]c(c2ccccc12)=N4. The molecule has 0 saturated carbocycles. The van der Waals surface area contributed by atoms with Crippen molar-refractivity contribution in [1.82, 2.24) is 9.97 Å². The predicted octanol–water partition coefficient (Wildman–Crippen LogP) is 4.28. The lowest BCUT2D eigenvalue weighted by atomic mass is 10.1. The van der Waals surface area contributed by atoms with Crippen LogP contribution in [0.5, 0.6) is 0 Å². The van der Waals surface area contributed by atoms with E-state index in [1.165, 1.54) is 0 Å². The number of hydrogen-bond acceptors (Lipinski definition) is 4. The summed E-state index contributed by atoms with van der Waals surface area (Å²) in [6.07, 6.45) is 0. The van der Waals surface area contributed by atoms with Gasteiger partial charge in [-0.3, -0.25) is 9.97 Å². The van der Waals surface area contributed by atoms with Crippen LogP contribution in [-0.2, 0) is 0 Å². The molecule has 0 saturated heterocycles. The Morgan fingerprint density at radius 3 is 1.34 bits per heavy atom. The summed E-state index contributed by atoms with van der Waals surface area (Å²) in [5.74, 6) is 4.92. The highest BCUT2D eigenvalue weighted by Crippen LogP contribution is 2.37. The van der Waals surface area contributed by atoms with Crippen LogP contribution in [0.2, 0.25) is 0 Å². The standard InChI is InChI=1S/C33H18N8/c1-2-10-19-18(9-1)26-34-27(19)37-31-24-15-7-8-16-25(24)33-39-29-21-12-4-3-11-20(21)28(35-29)38-32-23-14-6-5-13-22(23)30(36-26)40(32)17-41(31)33/h1-16H,17H2/p+2. The molecule has 8 heteroatoms. The van der Waals surface area contributed by atoms with E-state index in [1.807, 2.05) is 24.3 Å². The molecule has 0 unspecified atom stereocenters. The summed E-state index contributed by atoms with van der Waals surface area (Å²) in [6, 6.07) is 33.3. The minimum atomic E-state index is 0.451. The van der Waals surface area contributed by atoms with Gasteiger partial charge in [-0.15, -0.1) is 0 Å². The zero-order valence-corrected chi connectivity index (χ0v) is 21.6. The number of aliphatic imine (C=N–C) groups is 2. The number of aromatic nitrogens is 2. The van der Waals surface area contributed by atoms with Crippen molar-refractivity contribution in [2.75, 3.05) is 6.67 Å². The van der Waals surface area contributed by atoms with E-state index in [0.717, 1.165) is 89.8 Å². The minimum Gasteiger partial charge on any atom is -0.296 e. The largest absolute Gasteiger partial charge is 0.296 e. The van der Waals surface area contributed by atoms with Gasteiger partial charge >= 0.3 is 0 Å². The maximum absolute atomic E-state index is 5.29. The zero-order chi connectivity index (χ0) is 26.7. The van der Waals surface area contributed by atoms with Crippen LogP contribution in [0.1, 0.15) is 22.3 Å². The van der Waals surface area contributed by atoms with Crippen LogP contribution in [0.4, 0.5) is 11.6 Å². The number of hydrogen-bond donors (Lipinski definition) is 2. The van der Waals surface area contributed by atoms with E-state index in [-0.39, 0.29) is 0 Å². The van der Waals surface area contributed by atoms with E-state index < -0.39 is 0 Å². The van der Waals surface area contributed by atoms with Crippen molar-refractivity contribution in [3.63, 3.8) is 0 Å². The Bertz CT molecular complexity index is 2280. The highest BCUT2D eigenvalue weighted by atomic mass is 15.3. The maximum Gasteiger partial charge on any atom is 0.276 e. The Morgan fingerprint density at radius 1 is 0.439 bits per heavy atom. The predicted molar refractivity (Wildman–Crippen MR) is 158 cm³/mol. The van der Waals surface area contributed by atoms with Gasteiger partial charge in [-0.05, 0) is 48.5 Å². The molecule has 4 aliphatic rings. The van der Waals surface area contributed by atoms with Crippen LogP contribution in [0, 0.1) is 0 Å². The highest BCUT2D eigenvalue weighted by molar-refractivity contribution is 6.18. The molecule has 0 aliphatic carbocycles. The van der Waals surface area contributed by atoms with Gasteiger partial charge in [-0.25, -0.2) is 0 Å². The molecule has 2 aromatic heterocycles. The first kappa shape index (κ1) is 21.1. The average molecular weight is 529 g/mol. The van der Waals surface area contributed by atoms with Crippen LogP contribution >= 0.6 is 0 Å². The fraction of sp³-hybridized carbons (Fsp3) is 0.0303. The third kappa shape index (κ3) is 2.73. The third-order valence-electron chi connectivity index (χ3n) is 8.34. The summed E-state index contributed by atoms with van der Waals surface area (Å²) in [4.78, 5) is 28.3. The first-order valence-corrected chi connectivity index (χ1v) is 13.6. The van der Waals surface area contributed by atoms with Crippen LogP contribution < -0.4 is 11.0 Å². The van der Waals surface area contributed by atoms with Crippen molar-refractivity contribution in [3.05, 3.63) is 130 Å². The van der Waals surface area contributed by atoms with Gasteiger partial charge in [-0.2, -0.15) is 9.15 Å². The average Bonchev–Trinajstić information content (AvgIpc) is 3.72. The molecule has 0 radical (unpaired) electrons. The van der Waals surface area contributed by atoms with E-state index >= 15 is 0 Å². The first-order valence-electron chi connectivity index (χ1n) is 13.6. The summed E-state index contributed by atoms with van der Waals surface area (Å²) in [5.41, 5.74) is 5.72. The Balaban J connectivity index is 1.46. The molecule has 0 spiro atoms. The van der Waals surface area contributed by atoms with E-state index in [0.29, 0.717) is 6.67 Å². The molecule has 6 bridgehead atoms. The van der Waals surface area contributed by atoms with Crippen molar-refractivity contribution in [2.24, 2.45) is 20.0 Å². The zero-order valence-electron chi connectivity index (χ0n) is 21.6. The van der Waals surface area contributed by atoms with Crippen LogP contribution in [0.15, 0.2) is 117 Å². The van der Waals surface area contributed by atoms with Gasteiger partial charge in [-0.1, -0.05) is 68.5 Å². The third-order valence-corrected chi connectivity index (χ3v) is 8.34. The summed E-state index contributed by atoms with van der Waals surface area (Å²) >= 11 is 0. The van der Waals surface area contributed by atoms with Gasteiger partial charge < -0.3 is 0 Å². The fourth-order valence-electron chi connectivity index (χ4n) is 6.48. The number of nitrogens with zero attached hydrogens (tertiary/aromatic N) is 6. The molecule has 190 valence electrons. The summed E-state index contributed by atoms with van der Waals surface area (Å²) < 4.78 is 4.39. The van der Waals surface area contributed by atoms with Gasteiger partial charge in [0.15, 0.2) is 6.67 Å².